The fourth-order valence-electron chi connectivity index (χ4n) is 12.9. The molecular formula is C73H48N2. The number of aromatic nitrogens is 1. The van der Waals surface area contributed by atoms with Crippen molar-refractivity contribution in [2.75, 3.05) is 4.90 Å². The van der Waals surface area contributed by atoms with Gasteiger partial charge in [-0.05, 0) is 156 Å². The molecule has 0 radical (unpaired) electrons. The van der Waals surface area contributed by atoms with E-state index in [2.05, 4.69) is 301 Å². The summed E-state index contributed by atoms with van der Waals surface area (Å²) in [6, 6.07) is 108. The van der Waals surface area contributed by atoms with Crippen LogP contribution >= 0.6 is 0 Å². The summed E-state index contributed by atoms with van der Waals surface area (Å²) < 4.78 is 2.40. The SMILES string of the molecule is c1ccc(-c2cc(-c3ccccc3)cc(-c3cccc(N(c4ccc(-c5cccc6c5c5ccccc5n6-c5ccccc5)cc4)c4cccc5c4C4(c6ccccc6-c6ccccc64)c4ccccc4-5)c3)c2)cc1. The van der Waals surface area contributed by atoms with Crippen molar-refractivity contribution in [3.8, 4) is 72.4 Å². The van der Waals surface area contributed by atoms with E-state index >= 15 is 0 Å². The van der Waals surface area contributed by atoms with E-state index < -0.39 is 5.41 Å². The van der Waals surface area contributed by atoms with Crippen molar-refractivity contribution in [1.82, 2.24) is 4.57 Å². The summed E-state index contributed by atoms with van der Waals surface area (Å²) in [5.74, 6) is 0. The fraction of sp³-hybridized carbons (Fsp3) is 0.0137. The third-order valence-electron chi connectivity index (χ3n) is 16.0. The number of rotatable bonds is 8. The highest BCUT2D eigenvalue weighted by Gasteiger charge is 2.53. The number of anilines is 3. The molecule has 0 amide bonds. The number of benzene rings is 12. The largest absolute Gasteiger partial charge is 0.310 e. The summed E-state index contributed by atoms with van der Waals surface area (Å²) in [6.07, 6.45) is 0. The summed E-state index contributed by atoms with van der Waals surface area (Å²) in [5.41, 5.74) is 26.1. The predicted octanol–water partition coefficient (Wildman–Crippen LogP) is 19.3. The monoisotopic (exact) mass is 952 g/mol. The number of hydrogen-bond acceptors (Lipinski definition) is 1. The van der Waals surface area contributed by atoms with Crippen molar-refractivity contribution in [1.29, 1.82) is 0 Å². The lowest BCUT2D eigenvalue weighted by molar-refractivity contribution is 0.793. The molecular weight excluding hydrogens is 905 g/mol. The van der Waals surface area contributed by atoms with Gasteiger partial charge in [0.05, 0.1) is 22.1 Å². The summed E-state index contributed by atoms with van der Waals surface area (Å²) in [5, 5.41) is 2.49. The van der Waals surface area contributed by atoms with Crippen LogP contribution in [0.5, 0.6) is 0 Å². The van der Waals surface area contributed by atoms with Gasteiger partial charge in [-0.2, -0.15) is 0 Å². The highest BCUT2D eigenvalue weighted by molar-refractivity contribution is 6.16. The van der Waals surface area contributed by atoms with E-state index in [0.717, 1.165) is 33.9 Å². The van der Waals surface area contributed by atoms with Gasteiger partial charge in [-0.25, -0.2) is 0 Å². The fourth-order valence-corrected chi connectivity index (χ4v) is 12.9. The summed E-state index contributed by atoms with van der Waals surface area (Å²) in [7, 11) is 0. The molecule has 2 nitrogen and oxygen atoms in total. The molecule has 0 unspecified atom stereocenters. The van der Waals surface area contributed by atoms with E-state index in [1.54, 1.807) is 0 Å². The van der Waals surface area contributed by atoms with Gasteiger partial charge in [0, 0.05) is 33.4 Å². The molecule has 0 aliphatic heterocycles. The summed E-state index contributed by atoms with van der Waals surface area (Å²) in [6.45, 7) is 0. The first-order chi connectivity index (χ1) is 37.2. The Morgan fingerprint density at radius 1 is 0.280 bits per heavy atom. The zero-order valence-corrected chi connectivity index (χ0v) is 41.1. The van der Waals surface area contributed by atoms with E-state index in [0.29, 0.717) is 0 Å². The van der Waals surface area contributed by atoms with E-state index in [1.165, 1.54) is 99.7 Å². The van der Waals surface area contributed by atoms with Crippen molar-refractivity contribution in [3.05, 3.63) is 313 Å². The highest BCUT2D eigenvalue weighted by atomic mass is 15.1. The van der Waals surface area contributed by atoms with Gasteiger partial charge < -0.3 is 9.47 Å². The van der Waals surface area contributed by atoms with Crippen LogP contribution in [0.4, 0.5) is 17.1 Å². The van der Waals surface area contributed by atoms with Crippen LogP contribution in [-0.2, 0) is 5.41 Å². The zero-order chi connectivity index (χ0) is 49.5. The van der Waals surface area contributed by atoms with Crippen LogP contribution in [0.2, 0.25) is 0 Å². The number of para-hydroxylation sites is 2. The van der Waals surface area contributed by atoms with Crippen molar-refractivity contribution >= 4 is 38.9 Å². The summed E-state index contributed by atoms with van der Waals surface area (Å²) in [4.78, 5) is 2.53. The molecule has 0 saturated heterocycles. The first kappa shape index (κ1) is 42.9. The van der Waals surface area contributed by atoms with Crippen LogP contribution in [-0.4, -0.2) is 4.57 Å². The lowest BCUT2D eigenvalue weighted by Crippen LogP contribution is -2.28. The average molecular weight is 953 g/mol. The molecule has 0 bridgehead atoms. The van der Waals surface area contributed by atoms with Gasteiger partial charge >= 0.3 is 0 Å². The van der Waals surface area contributed by atoms with Gasteiger partial charge in [0.15, 0.2) is 0 Å². The average Bonchev–Trinajstić information content (AvgIpc) is 4.11. The molecule has 2 aliphatic carbocycles. The second-order valence-corrected chi connectivity index (χ2v) is 19.9. The Balaban J connectivity index is 0.962. The Morgan fingerprint density at radius 2 is 0.747 bits per heavy atom. The smallest absolute Gasteiger partial charge is 0.0746 e. The van der Waals surface area contributed by atoms with Gasteiger partial charge in [-0.3, -0.25) is 0 Å². The Kier molecular flexibility index (Phi) is 9.83. The molecule has 13 aromatic rings. The van der Waals surface area contributed by atoms with Crippen LogP contribution in [0.25, 0.3) is 94.3 Å². The van der Waals surface area contributed by atoms with Crippen molar-refractivity contribution < 1.29 is 0 Å². The second-order valence-electron chi connectivity index (χ2n) is 19.9. The minimum absolute atomic E-state index is 0.553. The lowest BCUT2D eigenvalue weighted by Gasteiger charge is -2.36. The molecule has 2 aliphatic rings. The molecule has 350 valence electrons. The van der Waals surface area contributed by atoms with Crippen LogP contribution < -0.4 is 4.90 Å². The Morgan fingerprint density at radius 3 is 1.39 bits per heavy atom. The number of nitrogens with zero attached hydrogens (tertiary/aromatic N) is 2. The molecule has 0 saturated carbocycles. The van der Waals surface area contributed by atoms with Gasteiger partial charge in [0.2, 0.25) is 0 Å². The molecule has 1 heterocycles. The van der Waals surface area contributed by atoms with Crippen LogP contribution in [0.1, 0.15) is 22.3 Å². The number of fused-ring (bicyclic) bond motifs is 13. The van der Waals surface area contributed by atoms with Gasteiger partial charge in [-0.15, -0.1) is 0 Å². The summed E-state index contributed by atoms with van der Waals surface area (Å²) >= 11 is 0. The maximum atomic E-state index is 2.53. The molecule has 12 aromatic carbocycles. The van der Waals surface area contributed by atoms with Crippen LogP contribution in [0, 0.1) is 0 Å². The molecule has 1 aromatic heterocycles. The van der Waals surface area contributed by atoms with Gasteiger partial charge in [0.1, 0.15) is 0 Å². The van der Waals surface area contributed by atoms with E-state index in [-0.39, 0.29) is 0 Å². The lowest BCUT2D eigenvalue weighted by atomic mass is 9.70. The molecule has 0 fully saturated rings. The highest BCUT2D eigenvalue weighted by Crippen LogP contribution is 2.65. The zero-order valence-electron chi connectivity index (χ0n) is 41.1. The maximum Gasteiger partial charge on any atom is 0.0746 e. The quantitative estimate of drug-likeness (QED) is 0.147. The molecule has 0 atom stereocenters. The molecule has 2 heteroatoms. The predicted molar refractivity (Wildman–Crippen MR) is 314 cm³/mol. The van der Waals surface area contributed by atoms with Gasteiger partial charge in [-0.1, -0.05) is 218 Å². The Labute approximate surface area is 437 Å². The standard InChI is InChI=1S/C73H48N2/c1-4-21-49(22-5-1)53-45-54(50-23-6-2-7-24-50)47-55(46-53)52-25-18-28-58(48-52)74(57-43-41-51(42-44-57)59-33-19-39-69-71(59)64-32-13-17-38-68(64)75(69)56-26-8-3-9-27-56)70-40-20-34-63-62-31-12-16-37-67(62)73(72(63)70)65-35-14-10-29-60(65)61-30-11-15-36-66(61)73/h1-48H. The molecule has 1 spiro atoms. The molecule has 75 heavy (non-hydrogen) atoms. The minimum Gasteiger partial charge on any atom is -0.310 e. The van der Waals surface area contributed by atoms with Crippen LogP contribution in [0.3, 0.4) is 0 Å². The Bertz CT molecular complexity index is 4220. The number of hydrogen-bond donors (Lipinski definition) is 0. The second kappa shape index (κ2) is 17.2. The molecule has 0 N–H and O–H groups in total. The van der Waals surface area contributed by atoms with E-state index in [4.69, 9.17) is 0 Å². The minimum atomic E-state index is -0.553. The first-order valence-corrected chi connectivity index (χ1v) is 26.0. The van der Waals surface area contributed by atoms with Crippen molar-refractivity contribution in [2.45, 2.75) is 5.41 Å². The van der Waals surface area contributed by atoms with Gasteiger partial charge in [0.25, 0.3) is 0 Å². The molecule has 15 rings (SSSR count). The Hall–Kier alpha value is -9.76. The van der Waals surface area contributed by atoms with E-state index in [9.17, 15) is 0 Å². The van der Waals surface area contributed by atoms with Crippen molar-refractivity contribution in [2.24, 2.45) is 0 Å². The maximum absolute atomic E-state index is 2.53. The normalized spacial score (nSPS) is 12.6. The topological polar surface area (TPSA) is 8.17 Å². The van der Waals surface area contributed by atoms with E-state index in [1.807, 2.05) is 0 Å². The van der Waals surface area contributed by atoms with Crippen LogP contribution in [0.15, 0.2) is 291 Å². The third kappa shape index (κ3) is 6.60. The first-order valence-electron chi connectivity index (χ1n) is 26.0. The third-order valence-corrected chi connectivity index (χ3v) is 16.0. The van der Waals surface area contributed by atoms with Crippen molar-refractivity contribution in [3.63, 3.8) is 0 Å².